The Balaban J connectivity index is 4.63. The Kier molecular flexibility index (Phi) is 5.39. The third-order valence-corrected chi connectivity index (χ3v) is 3.33. The Labute approximate surface area is 94.1 Å². The maximum Gasteiger partial charge on any atom is 0.322 e. The number of nitrogens with two attached hydrogens (primary N) is 1. The summed E-state index contributed by atoms with van der Waals surface area (Å²) >= 11 is 0. The van der Waals surface area contributed by atoms with Crippen molar-refractivity contribution >= 4 is 21.9 Å². The highest BCUT2D eigenvalue weighted by Crippen LogP contribution is 2.01. The van der Waals surface area contributed by atoms with E-state index in [1.165, 1.54) is 0 Å². The molecule has 0 saturated heterocycles. The van der Waals surface area contributed by atoms with Crippen molar-refractivity contribution in [3.63, 3.8) is 0 Å². The number of hydrogen-bond donors (Lipinski definition) is 3. The largest absolute Gasteiger partial charge is 0.480 e. The molecule has 0 aliphatic rings. The van der Waals surface area contributed by atoms with Crippen molar-refractivity contribution in [2.24, 2.45) is 11.7 Å². The molecule has 94 valence electrons. The van der Waals surface area contributed by atoms with Gasteiger partial charge in [-0.15, -0.1) is 0 Å². The van der Waals surface area contributed by atoms with E-state index in [2.05, 4.69) is 0 Å². The van der Waals surface area contributed by atoms with Gasteiger partial charge in [0.25, 0.3) is 0 Å². The van der Waals surface area contributed by atoms with E-state index in [0.717, 1.165) is 0 Å². The van der Waals surface area contributed by atoms with Gasteiger partial charge in [-0.3, -0.25) is 9.59 Å². The van der Waals surface area contributed by atoms with Crippen LogP contribution in [0.3, 0.4) is 0 Å². The van der Waals surface area contributed by atoms with Gasteiger partial charge in [-0.05, 0) is 5.92 Å². The highest BCUT2D eigenvalue weighted by molar-refractivity contribution is 7.89. The van der Waals surface area contributed by atoms with Gasteiger partial charge in [0, 0.05) is 0 Å². The van der Waals surface area contributed by atoms with Crippen LogP contribution in [0.5, 0.6) is 0 Å². The first kappa shape index (κ1) is 14.8. The Bertz CT molecular complexity index is 363. The number of amides is 1. The van der Waals surface area contributed by atoms with E-state index in [1.807, 2.05) is 4.72 Å². The van der Waals surface area contributed by atoms with Crippen LogP contribution in [-0.2, 0) is 19.6 Å². The number of carboxylic acids is 1. The lowest BCUT2D eigenvalue weighted by Gasteiger charge is -2.14. The Morgan fingerprint density at radius 2 is 1.88 bits per heavy atom. The molecule has 0 aliphatic heterocycles. The minimum atomic E-state index is -3.71. The van der Waals surface area contributed by atoms with Crippen LogP contribution in [0.2, 0.25) is 0 Å². The molecule has 0 aromatic carbocycles. The van der Waals surface area contributed by atoms with E-state index >= 15 is 0 Å². The fourth-order valence-electron chi connectivity index (χ4n) is 1.08. The van der Waals surface area contributed by atoms with Gasteiger partial charge in [0.1, 0.15) is 6.04 Å². The average molecular weight is 252 g/mol. The number of primary amides is 1. The van der Waals surface area contributed by atoms with Gasteiger partial charge in [0.05, 0.1) is 12.2 Å². The monoisotopic (exact) mass is 252 g/mol. The van der Waals surface area contributed by atoms with Crippen molar-refractivity contribution in [2.45, 2.75) is 26.3 Å². The SMILES string of the molecule is CC(C)CS(=O)(=O)N[C@@H](CC(N)=O)C(=O)O. The molecule has 0 aliphatic carbocycles. The van der Waals surface area contributed by atoms with E-state index < -0.39 is 34.4 Å². The van der Waals surface area contributed by atoms with Crippen molar-refractivity contribution in [3.8, 4) is 0 Å². The van der Waals surface area contributed by atoms with Gasteiger partial charge in [-0.25, -0.2) is 13.1 Å². The first-order valence-electron chi connectivity index (χ1n) is 4.65. The number of sulfonamides is 1. The summed E-state index contributed by atoms with van der Waals surface area (Å²) in [4.78, 5) is 21.2. The lowest BCUT2D eigenvalue weighted by molar-refractivity contribution is -0.140. The minimum Gasteiger partial charge on any atom is -0.480 e. The van der Waals surface area contributed by atoms with Crippen LogP contribution >= 0.6 is 0 Å². The third-order valence-electron chi connectivity index (χ3n) is 1.58. The Morgan fingerprint density at radius 3 is 2.19 bits per heavy atom. The van der Waals surface area contributed by atoms with Gasteiger partial charge in [0.2, 0.25) is 15.9 Å². The highest BCUT2D eigenvalue weighted by atomic mass is 32.2. The van der Waals surface area contributed by atoms with E-state index in [4.69, 9.17) is 10.8 Å². The molecule has 0 heterocycles. The average Bonchev–Trinajstić information content (AvgIpc) is 1.98. The molecule has 8 heteroatoms. The predicted octanol–water partition coefficient (Wildman–Crippen LogP) is -1.11. The molecule has 0 bridgehead atoms. The van der Waals surface area contributed by atoms with E-state index in [9.17, 15) is 18.0 Å². The molecule has 1 amide bonds. The van der Waals surface area contributed by atoms with Crippen molar-refractivity contribution in [1.82, 2.24) is 4.72 Å². The molecule has 0 radical (unpaired) electrons. The maximum atomic E-state index is 11.4. The van der Waals surface area contributed by atoms with Gasteiger partial charge in [-0.2, -0.15) is 0 Å². The van der Waals surface area contributed by atoms with E-state index in [0.29, 0.717) is 0 Å². The molecular weight excluding hydrogens is 236 g/mol. The first-order valence-corrected chi connectivity index (χ1v) is 6.30. The summed E-state index contributed by atoms with van der Waals surface area (Å²) in [5.41, 5.74) is 4.81. The third kappa shape index (κ3) is 6.36. The fourth-order valence-corrected chi connectivity index (χ4v) is 2.68. The van der Waals surface area contributed by atoms with Crippen LogP contribution in [0.1, 0.15) is 20.3 Å². The normalized spacial score (nSPS) is 13.7. The zero-order valence-electron chi connectivity index (χ0n) is 9.13. The van der Waals surface area contributed by atoms with Crippen LogP contribution in [0.15, 0.2) is 0 Å². The van der Waals surface area contributed by atoms with Crippen LogP contribution in [0.25, 0.3) is 0 Å². The molecule has 4 N–H and O–H groups in total. The second kappa shape index (κ2) is 5.80. The molecule has 1 atom stereocenters. The van der Waals surface area contributed by atoms with Gasteiger partial charge >= 0.3 is 5.97 Å². The van der Waals surface area contributed by atoms with Crippen LogP contribution < -0.4 is 10.5 Å². The second-order valence-corrected chi connectivity index (χ2v) is 5.65. The first-order chi connectivity index (χ1) is 7.14. The van der Waals surface area contributed by atoms with Crippen molar-refractivity contribution in [3.05, 3.63) is 0 Å². The van der Waals surface area contributed by atoms with Gasteiger partial charge in [-0.1, -0.05) is 13.8 Å². The van der Waals surface area contributed by atoms with Gasteiger partial charge < -0.3 is 10.8 Å². The summed E-state index contributed by atoms with van der Waals surface area (Å²) in [6.07, 6.45) is -0.563. The molecule has 0 saturated carbocycles. The number of nitrogens with one attached hydrogen (secondary N) is 1. The summed E-state index contributed by atoms with van der Waals surface area (Å²) < 4.78 is 24.7. The quantitative estimate of drug-likeness (QED) is 0.529. The molecule has 0 unspecified atom stereocenters. The van der Waals surface area contributed by atoms with Crippen LogP contribution in [-0.4, -0.2) is 37.2 Å². The zero-order valence-corrected chi connectivity index (χ0v) is 9.95. The number of carbonyl (C=O) groups excluding carboxylic acids is 1. The predicted molar refractivity (Wildman–Crippen MR) is 57.0 cm³/mol. The van der Waals surface area contributed by atoms with Crippen LogP contribution in [0.4, 0.5) is 0 Å². The fraction of sp³-hybridized carbons (Fsp3) is 0.750. The van der Waals surface area contributed by atoms with Crippen molar-refractivity contribution in [2.75, 3.05) is 5.75 Å². The van der Waals surface area contributed by atoms with E-state index in [1.54, 1.807) is 13.8 Å². The Morgan fingerprint density at radius 1 is 1.38 bits per heavy atom. The molecule has 16 heavy (non-hydrogen) atoms. The lowest BCUT2D eigenvalue weighted by Crippen LogP contribution is -2.44. The van der Waals surface area contributed by atoms with Gasteiger partial charge in [0.15, 0.2) is 0 Å². The molecule has 0 rings (SSSR count). The summed E-state index contributed by atoms with van der Waals surface area (Å²) in [5, 5.41) is 8.68. The molecule has 0 aromatic heterocycles. The molecule has 7 nitrogen and oxygen atoms in total. The smallest absolute Gasteiger partial charge is 0.322 e. The minimum absolute atomic E-state index is 0.138. The molecule has 0 spiro atoms. The molecule has 0 fully saturated rings. The second-order valence-electron chi connectivity index (χ2n) is 3.85. The van der Waals surface area contributed by atoms with Crippen molar-refractivity contribution < 1.29 is 23.1 Å². The standard InChI is InChI=1S/C8H16N2O5S/c1-5(2)4-16(14,15)10-6(8(12)13)3-7(9)11/h5-6,10H,3-4H2,1-2H3,(H2,9,11)(H,12,13)/t6-/m0/s1. The Hall–Kier alpha value is -1.15. The summed E-state index contributed by atoms with van der Waals surface area (Å²) in [6, 6.07) is -1.50. The summed E-state index contributed by atoms with van der Waals surface area (Å²) in [7, 11) is -3.71. The number of hydrogen-bond acceptors (Lipinski definition) is 4. The maximum absolute atomic E-state index is 11.4. The number of carboxylic acid groups (broad SMARTS) is 1. The lowest BCUT2D eigenvalue weighted by atomic mass is 10.2. The molecular formula is C8H16N2O5S. The number of rotatable bonds is 7. The van der Waals surface area contributed by atoms with E-state index in [-0.39, 0.29) is 11.7 Å². The van der Waals surface area contributed by atoms with Crippen LogP contribution in [0, 0.1) is 5.92 Å². The number of aliphatic carboxylic acids is 1. The summed E-state index contributed by atoms with van der Waals surface area (Å²) in [5.74, 6) is -2.64. The highest BCUT2D eigenvalue weighted by Gasteiger charge is 2.26. The zero-order chi connectivity index (χ0) is 12.9. The topological polar surface area (TPSA) is 127 Å². The summed E-state index contributed by atoms with van der Waals surface area (Å²) in [6.45, 7) is 3.37. The number of carbonyl (C=O) groups is 2. The van der Waals surface area contributed by atoms with Crippen molar-refractivity contribution in [1.29, 1.82) is 0 Å². The molecule has 0 aromatic rings.